The first kappa shape index (κ1) is 56.1. The molecule has 0 saturated carbocycles. The maximum Gasteiger partial charge on any atom is 2.00 e. The summed E-state index contributed by atoms with van der Waals surface area (Å²) in [5.74, 6) is 2.41. The van der Waals surface area contributed by atoms with Crippen LogP contribution in [0.3, 0.4) is 0 Å². The fraction of sp³-hybridized carbons (Fsp3) is 0.0145. The Morgan fingerprint density at radius 1 is 0.342 bits per heavy atom. The van der Waals surface area contributed by atoms with Gasteiger partial charge in [-0.15, -0.1) is 65.7 Å². The zero-order chi connectivity index (χ0) is 51.5. The van der Waals surface area contributed by atoms with Crippen LogP contribution in [0.15, 0.2) is 279 Å². The van der Waals surface area contributed by atoms with Gasteiger partial charge in [-0.05, 0) is 101 Å². The summed E-state index contributed by atoms with van der Waals surface area (Å²) in [4.78, 5) is 23.8. The molecule has 10 heteroatoms. The largest absolute Gasteiger partial charge is 2.00 e. The number of para-hydroxylation sites is 4. The molecule has 79 heavy (non-hydrogen) atoms. The van der Waals surface area contributed by atoms with Crippen LogP contribution in [-0.4, -0.2) is 30.1 Å². The van der Waals surface area contributed by atoms with Gasteiger partial charge in [-0.1, -0.05) is 165 Å². The minimum atomic E-state index is 0. The topological polar surface area (TPSA) is 98.5 Å². The minimum absolute atomic E-state index is 0. The molecule has 0 amide bonds. The first-order chi connectivity index (χ1) is 37.6. The molecule has 0 aliphatic carbocycles. The molecule has 12 aromatic rings. The Labute approximate surface area is 490 Å². The first-order valence-corrected chi connectivity index (χ1v) is 24.8. The summed E-state index contributed by atoms with van der Waals surface area (Å²) in [6.07, 6.45) is 1.81. The van der Waals surface area contributed by atoms with Gasteiger partial charge < -0.3 is 20.1 Å². The van der Waals surface area contributed by atoms with E-state index in [1.807, 2.05) is 181 Å². The average Bonchev–Trinajstić information content (AvgIpc) is 3.50. The Kier molecular flexibility index (Phi) is 19.1. The molecule has 0 atom stereocenters. The van der Waals surface area contributed by atoms with Crippen molar-refractivity contribution >= 4 is 34.5 Å². The van der Waals surface area contributed by atoms with Crippen molar-refractivity contribution in [2.45, 2.75) is 7.43 Å². The molecule has 0 bridgehead atoms. The Balaban J connectivity index is 0.000000201. The van der Waals surface area contributed by atoms with Gasteiger partial charge in [-0.3, -0.25) is 9.88 Å². The van der Waals surface area contributed by atoms with E-state index in [0.717, 1.165) is 67.6 Å². The Morgan fingerprint density at radius 3 is 1.28 bits per heavy atom. The summed E-state index contributed by atoms with van der Waals surface area (Å²) in [7, 11) is 0. The third-order valence-corrected chi connectivity index (χ3v) is 12.7. The quantitative estimate of drug-likeness (QED) is 0.117. The molecule has 0 aliphatic heterocycles. The van der Waals surface area contributed by atoms with Gasteiger partial charge in [-0.25, -0.2) is 9.97 Å². The number of hydrogen-bond donors (Lipinski definition) is 2. The van der Waals surface area contributed by atoms with Gasteiger partial charge in [0.25, 0.3) is 0 Å². The summed E-state index contributed by atoms with van der Waals surface area (Å²) in [5, 5.41) is 21.0. The summed E-state index contributed by atoms with van der Waals surface area (Å²) in [6, 6.07) is 96.0. The molecule has 0 aliphatic rings. The molecular formula is C69H52N6O2Pt2. The zero-order valence-electron chi connectivity index (χ0n) is 41.8. The molecule has 8 aromatic carbocycles. The van der Waals surface area contributed by atoms with Crippen LogP contribution in [0.4, 0.5) is 34.5 Å². The van der Waals surface area contributed by atoms with Gasteiger partial charge in [-0.2, -0.15) is 0 Å². The van der Waals surface area contributed by atoms with E-state index in [0.29, 0.717) is 34.2 Å². The number of pyridine rings is 4. The van der Waals surface area contributed by atoms with Crippen molar-refractivity contribution < 1.29 is 52.3 Å². The van der Waals surface area contributed by atoms with Crippen LogP contribution in [-0.2, 0) is 42.1 Å². The number of hydrogen-bond acceptors (Lipinski definition) is 8. The third-order valence-electron chi connectivity index (χ3n) is 12.7. The number of benzene rings is 8. The molecule has 0 saturated heterocycles. The van der Waals surface area contributed by atoms with Gasteiger partial charge in [0.2, 0.25) is 0 Å². The SMILES string of the molecule is C.Oc1ccccc1-c1cccc(N(c2cccc(-c3ccccc3O)n2)c2ccccc2-c2ccccc2)n1.[Pt+2].[Pt].[c-]1ccccc1-c1cccc(N(c2[c-]c(-c3ccccn3)ccc2)c2ccccc2-c2ccccc2)n1. The van der Waals surface area contributed by atoms with Crippen molar-refractivity contribution in [3.63, 3.8) is 0 Å². The molecule has 8 nitrogen and oxygen atoms in total. The van der Waals surface area contributed by atoms with E-state index in [1.54, 1.807) is 30.5 Å². The Bertz CT molecular complexity index is 3720. The number of aromatic hydroxyl groups is 2. The van der Waals surface area contributed by atoms with Crippen LogP contribution in [0.1, 0.15) is 7.43 Å². The predicted molar refractivity (Wildman–Crippen MR) is 314 cm³/mol. The van der Waals surface area contributed by atoms with Gasteiger partial charge >= 0.3 is 21.1 Å². The standard InChI is InChI=1S/C34H25N3O2.C34H23N3.CH4.2Pt/c38-31-20-8-5-15-26(31)28-17-10-22-33(35-28)37(30-19-7-4-14-25(30)24-12-2-1-3-13-24)34-23-11-18-29(36-34)27-16-6-9-21-32(27)39;1-3-13-26(14-4-1)30-19-7-8-22-33(30)37(29-18-11-17-28(25-29)31-20-9-10-24-35-31)34-23-12-21-32(36-34)27-15-5-2-6-16-27;;;/h1-23,38-39H;1-15,17-24H;1H4;;/q;-2;;;+2. The van der Waals surface area contributed by atoms with E-state index in [-0.39, 0.29) is 61.1 Å². The summed E-state index contributed by atoms with van der Waals surface area (Å²) >= 11 is 0. The zero-order valence-corrected chi connectivity index (χ0v) is 46.3. The minimum Gasteiger partial charge on any atom is -0.507 e. The van der Waals surface area contributed by atoms with Crippen LogP contribution in [0, 0.1) is 12.1 Å². The van der Waals surface area contributed by atoms with Crippen molar-refractivity contribution in [2.24, 2.45) is 0 Å². The van der Waals surface area contributed by atoms with Crippen LogP contribution in [0.5, 0.6) is 11.5 Å². The van der Waals surface area contributed by atoms with Gasteiger partial charge in [0.15, 0.2) is 0 Å². The number of phenols is 2. The maximum atomic E-state index is 10.5. The second kappa shape index (κ2) is 26.8. The third kappa shape index (κ3) is 12.9. The number of phenolic OH excluding ortho intramolecular Hbond substituents is 2. The van der Waals surface area contributed by atoms with Crippen LogP contribution in [0.2, 0.25) is 0 Å². The fourth-order valence-corrected chi connectivity index (χ4v) is 9.09. The molecule has 0 unspecified atom stereocenters. The molecule has 0 fully saturated rings. The van der Waals surface area contributed by atoms with Gasteiger partial charge in [0.05, 0.1) is 22.8 Å². The molecule has 4 aromatic heterocycles. The van der Waals surface area contributed by atoms with Crippen molar-refractivity contribution in [3.8, 4) is 78.8 Å². The van der Waals surface area contributed by atoms with Crippen molar-refractivity contribution in [1.82, 2.24) is 19.9 Å². The molecule has 0 spiro atoms. The van der Waals surface area contributed by atoms with E-state index < -0.39 is 0 Å². The molecule has 0 radical (unpaired) electrons. The van der Waals surface area contributed by atoms with Crippen molar-refractivity contribution in [2.75, 3.05) is 9.80 Å². The Morgan fingerprint density at radius 2 is 0.759 bits per heavy atom. The number of nitrogens with zero attached hydrogens (tertiary/aromatic N) is 6. The van der Waals surface area contributed by atoms with E-state index in [9.17, 15) is 10.2 Å². The number of anilines is 6. The smallest absolute Gasteiger partial charge is 0.507 e. The van der Waals surface area contributed by atoms with Crippen molar-refractivity contribution in [3.05, 3.63) is 291 Å². The summed E-state index contributed by atoms with van der Waals surface area (Å²) < 4.78 is 0. The maximum absolute atomic E-state index is 10.5. The predicted octanol–water partition coefficient (Wildman–Crippen LogP) is 17.5. The van der Waals surface area contributed by atoms with E-state index in [2.05, 4.69) is 94.8 Å². The molecular weight excluding hydrogens is 1330 g/mol. The molecule has 2 N–H and O–H groups in total. The van der Waals surface area contributed by atoms with Gasteiger partial charge in [0, 0.05) is 49.5 Å². The molecule has 390 valence electrons. The second-order valence-electron chi connectivity index (χ2n) is 17.6. The van der Waals surface area contributed by atoms with E-state index in [1.165, 1.54) is 0 Å². The Hall–Kier alpha value is -9.06. The molecule has 12 rings (SSSR count). The summed E-state index contributed by atoms with van der Waals surface area (Å²) in [6.45, 7) is 0. The average molecular weight is 1390 g/mol. The van der Waals surface area contributed by atoms with Crippen LogP contribution in [0.25, 0.3) is 67.3 Å². The van der Waals surface area contributed by atoms with Crippen LogP contribution < -0.4 is 9.80 Å². The van der Waals surface area contributed by atoms with Crippen molar-refractivity contribution in [1.29, 1.82) is 0 Å². The van der Waals surface area contributed by atoms with Gasteiger partial charge in [0.1, 0.15) is 29.0 Å². The second-order valence-corrected chi connectivity index (χ2v) is 17.6. The van der Waals surface area contributed by atoms with E-state index >= 15 is 0 Å². The van der Waals surface area contributed by atoms with Crippen LogP contribution >= 0.6 is 0 Å². The fourth-order valence-electron chi connectivity index (χ4n) is 9.09. The summed E-state index contributed by atoms with van der Waals surface area (Å²) in [5.41, 5.74) is 13.3. The first-order valence-electron chi connectivity index (χ1n) is 24.8. The number of aromatic nitrogens is 4. The normalized spacial score (nSPS) is 10.3. The number of rotatable bonds is 12. The molecule has 4 heterocycles. The monoisotopic (exact) mass is 1390 g/mol. The van der Waals surface area contributed by atoms with E-state index in [4.69, 9.17) is 15.0 Å².